The highest BCUT2D eigenvalue weighted by Gasteiger charge is 2.17. The van der Waals surface area contributed by atoms with Crippen molar-refractivity contribution in [3.8, 4) is 0 Å². The first-order valence-electron chi connectivity index (χ1n) is 19.1. The smallest absolute Gasteiger partial charge is 0.220 e. The zero-order chi connectivity index (χ0) is 31.5. The first kappa shape index (κ1) is 41.9. The second-order valence-electron chi connectivity index (χ2n) is 13.0. The van der Waals surface area contributed by atoms with Gasteiger partial charge in [-0.15, -0.1) is 0 Å². The molecule has 0 aliphatic carbocycles. The van der Waals surface area contributed by atoms with Gasteiger partial charge in [-0.25, -0.2) is 0 Å². The molecule has 2 atom stereocenters. The van der Waals surface area contributed by atoms with Crippen molar-refractivity contribution in [2.75, 3.05) is 6.61 Å². The van der Waals surface area contributed by atoms with E-state index in [9.17, 15) is 15.0 Å². The third-order valence-electron chi connectivity index (χ3n) is 8.69. The molecule has 1 amide bonds. The van der Waals surface area contributed by atoms with Gasteiger partial charge in [0.1, 0.15) is 0 Å². The number of hydrogen-bond acceptors (Lipinski definition) is 3. The summed E-state index contributed by atoms with van der Waals surface area (Å²) in [5, 5.41) is 22.8. The van der Waals surface area contributed by atoms with Gasteiger partial charge in [-0.1, -0.05) is 186 Å². The normalized spacial score (nSPS) is 13.3. The van der Waals surface area contributed by atoms with Gasteiger partial charge in [0.05, 0.1) is 18.8 Å². The van der Waals surface area contributed by atoms with Crippen LogP contribution in [-0.2, 0) is 4.79 Å². The first-order chi connectivity index (χ1) is 21.2. The van der Waals surface area contributed by atoms with Crippen LogP contribution in [-0.4, -0.2) is 34.9 Å². The molecule has 0 aliphatic rings. The van der Waals surface area contributed by atoms with E-state index in [1.54, 1.807) is 6.08 Å². The number of carbonyl (C=O) groups is 1. The van der Waals surface area contributed by atoms with Crippen molar-refractivity contribution in [2.24, 2.45) is 0 Å². The minimum atomic E-state index is -0.855. The number of aliphatic hydroxyl groups is 2. The number of hydrogen-bond donors (Lipinski definition) is 3. The Bertz CT molecular complexity index is 618. The maximum atomic E-state index is 12.3. The van der Waals surface area contributed by atoms with Crippen LogP contribution in [0.3, 0.4) is 0 Å². The molecule has 0 spiro atoms. The Balaban J connectivity index is 3.58. The van der Waals surface area contributed by atoms with Crippen molar-refractivity contribution in [1.82, 2.24) is 5.32 Å². The molecule has 0 aromatic rings. The van der Waals surface area contributed by atoms with Gasteiger partial charge in [0.2, 0.25) is 5.91 Å². The lowest BCUT2D eigenvalue weighted by Crippen LogP contribution is -2.45. The molecular weight excluding hydrogens is 530 g/mol. The molecule has 0 rings (SSSR count). The maximum Gasteiger partial charge on any atom is 0.220 e. The van der Waals surface area contributed by atoms with Gasteiger partial charge in [0, 0.05) is 6.42 Å². The van der Waals surface area contributed by atoms with Crippen LogP contribution >= 0.6 is 0 Å². The third kappa shape index (κ3) is 32.1. The average Bonchev–Trinajstić information content (AvgIpc) is 3.01. The van der Waals surface area contributed by atoms with E-state index in [0.29, 0.717) is 6.42 Å². The third-order valence-corrected chi connectivity index (χ3v) is 8.69. The first-order valence-corrected chi connectivity index (χ1v) is 19.1. The molecule has 0 aromatic carbocycles. The minimum absolute atomic E-state index is 0.0731. The van der Waals surface area contributed by atoms with E-state index in [4.69, 9.17) is 0 Å². The van der Waals surface area contributed by atoms with E-state index < -0.39 is 12.1 Å². The van der Waals surface area contributed by atoms with Crippen LogP contribution in [0.1, 0.15) is 200 Å². The molecule has 3 N–H and O–H groups in total. The van der Waals surface area contributed by atoms with E-state index in [0.717, 1.165) is 32.1 Å². The van der Waals surface area contributed by atoms with Crippen LogP contribution in [0.15, 0.2) is 24.3 Å². The van der Waals surface area contributed by atoms with Crippen LogP contribution in [0, 0.1) is 0 Å². The number of allylic oxidation sites excluding steroid dienone is 3. The van der Waals surface area contributed by atoms with Gasteiger partial charge >= 0.3 is 0 Å². The molecule has 0 aliphatic heterocycles. The molecule has 4 nitrogen and oxygen atoms in total. The predicted molar refractivity (Wildman–Crippen MR) is 189 cm³/mol. The second-order valence-corrected chi connectivity index (χ2v) is 13.0. The summed E-state index contributed by atoms with van der Waals surface area (Å²) in [6, 6.07) is -0.632. The molecule has 43 heavy (non-hydrogen) atoms. The van der Waals surface area contributed by atoms with Crippen LogP contribution in [0.5, 0.6) is 0 Å². The largest absolute Gasteiger partial charge is 0.394 e. The van der Waals surface area contributed by atoms with Gasteiger partial charge < -0.3 is 15.5 Å². The Hall–Kier alpha value is -1.13. The number of rotatable bonds is 34. The molecule has 0 saturated heterocycles. The number of nitrogens with one attached hydrogen (secondary N) is 1. The predicted octanol–water partition coefficient (Wildman–Crippen LogP) is 11.3. The Morgan fingerprint density at radius 2 is 0.907 bits per heavy atom. The average molecular weight is 606 g/mol. The lowest BCUT2D eigenvalue weighted by Gasteiger charge is -2.19. The lowest BCUT2D eigenvalue weighted by atomic mass is 10.0. The fourth-order valence-electron chi connectivity index (χ4n) is 5.72. The van der Waals surface area contributed by atoms with E-state index >= 15 is 0 Å². The van der Waals surface area contributed by atoms with Crippen LogP contribution in [0.25, 0.3) is 0 Å². The van der Waals surface area contributed by atoms with Gasteiger partial charge in [0.15, 0.2) is 0 Å². The molecule has 0 bridgehead atoms. The monoisotopic (exact) mass is 606 g/mol. The van der Waals surface area contributed by atoms with Crippen molar-refractivity contribution < 1.29 is 15.0 Å². The minimum Gasteiger partial charge on any atom is -0.394 e. The highest BCUT2D eigenvalue weighted by molar-refractivity contribution is 5.76. The Labute approximate surface area is 269 Å². The number of aliphatic hydroxyl groups excluding tert-OH is 2. The molecule has 0 saturated carbocycles. The van der Waals surface area contributed by atoms with Crippen molar-refractivity contribution >= 4 is 5.91 Å². The van der Waals surface area contributed by atoms with Crippen molar-refractivity contribution in [3.05, 3.63) is 24.3 Å². The number of unbranched alkanes of at least 4 members (excludes halogenated alkanes) is 25. The van der Waals surface area contributed by atoms with Gasteiger partial charge in [-0.05, 0) is 32.1 Å². The van der Waals surface area contributed by atoms with Crippen LogP contribution < -0.4 is 5.32 Å². The van der Waals surface area contributed by atoms with Crippen molar-refractivity contribution in [3.63, 3.8) is 0 Å². The summed E-state index contributed by atoms with van der Waals surface area (Å²) in [7, 11) is 0. The molecule has 0 radical (unpaired) electrons. The fraction of sp³-hybridized carbons (Fsp3) is 0.872. The van der Waals surface area contributed by atoms with Gasteiger partial charge in [0.25, 0.3) is 0 Å². The number of amides is 1. The lowest BCUT2D eigenvalue weighted by molar-refractivity contribution is -0.123. The Kier molecular flexibility index (Phi) is 34.4. The summed E-state index contributed by atoms with van der Waals surface area (Å²) in [6.45, 7) is 4.28. The van der Waals surface area contributed by atoms with Crippen molar-refractivity contribution in [1.29, 1.82) is 0 Å². The molecule has 0 heterocycles. The summed E-state index contributed by atoms with van der Waals surface area (Å²) >= 11 is 0. The summed E-state index contributed by atoms with van der Waals surface area (Å²) in [4.78, 5) is 12.3. The molecular formula is C39H75NO3. The summed E-state index contributed by atoms with van der Waals surface area (Å²) in [6.07, 6.45) is 44.1. The molecule has 4 heteroatoms. The Morgan fingerprint density at radius 1 is 0.535 bits per heavy atom. The Morgan fingerprint density at radius 3 is 1.35 bits per heavy atom. The zero-order valence-corrected chi connectivity index (χ0v) is 29.0. The number of carbonyl (C=O) groups excluding carboxylic acids is 1. The van der Waals surface area contributed by atoms with Crippen LogP contribution in [0.4, 0.5) is 0 Å². The molecule has 0 aromatic heterocycles. The molecule has 254 valence electrons. The van der Waals surface area contributed by atoms with Crippen molar-refractivity contribution in [2.45, 2.75) is 212 Å². The zero-order valence-electron chi connectivity index (χ0n) is 29.0. The van der Waals surface area contributed by atoms with Gasteiger partial charge in [-0.2, -0.15) is 0 Å². The summed E-state index contributed by atoms with van der Waals surface area (Å²) < 4.78 is 0. The van der Waals surface area contributed by atoms with Gasteiger partial charge in [-0.3, -0.25) is 4.79 Å². The van der Waals surface area contributed by atoms with E-state index in [2.05, 4.69) is 31.3 Å². The maximum absolute atomic E-state index is 12.3. The molecule has 2 unspecified atom stereocenters. The highest BCUT2D eigenvalue weighted by atomic mass is 16.3. The van der Waals surface area contributed by atoms with E-state index in [1.165, 1.54) is 148 Å². The summed E-state index contributed by atoms with van der Waals surface area (Å²) in [5.41, 5.74) is 0. The topological polar surface area (TPSA) is 69.6 Å². The SMILES string of the molecule is CCCCCCCC/C=C/CC/C=C/C(O)C(CO)NC(=O)CCCCCCCCCCCCCCCCCCCCC. The molecule has 0 fully saturated rings. The fourth-order valence-corrected chi connectivity index (χ4v) is 5.72. The van der Waals surface area contributed by atoms with Crippen LogP contribution in [0.2, 0.25) is 0 Å². The summed E-state index contributed by atoms with van der Waals surface area (Å²) in [5.74, 6) is -0.0731. The quantitative estimate of drug-likeness (QED) is 0.0505. The standard InChI is InChI=1S/C39H75NO3/c1-3-5-7-9-11-13-15-17-18-19-20-21-22-23-25-27-29-31-33-35-39(43)40-37(36-41)38(42)34-32-30-28-26-24-16-14-12-10-8-6-4-2/h24,26,32,34,37-38,41-42H,3-23,25,27-31,33,35-36H2,1-2H3,(H,40,43)/b26-24+,34-32+. The van der Waals surface area contributed by atoms with E-state index in [1.807, 2.05) is 6.08 Å². The highest BCUT2D eigenvalue weighted by Crippen LogP contribution is 2.15. The second kappa shape index (κ2) is 35.4. The van der Waals surface area contributed by atoms with E-state index in [-0.39, 0.29) is 12.5 Å².